The highest BCUT2D eigenvalue weighted by molar-refractivity contribution is 5.77. The van der Waals surface area contributed by atoms with Crippen molar-refractivity contribution in [1.82, 2.24) is 5.32 Å². The van der Waals surface area contributed by atoms with Gasteiger partial charge in [0.05, 0.1) is 12.2 Å². The molecule has 1 aromatic rings. The van der Waals surface area contributed by atoms with Crippen LogP contribution in [-0.2, 0) is 4.79 Å². The lowest BCUT2D eigenvalue weighted by atomic mass is 10.0. The van der Waals surface area contributed by atoms with E-state index in [1.807, 2.05) is 26.0 Å². The van der Waals surface area contributed by atoms with Crippen LogP contribution < -0.4 is 14.8 Å². The van der Waals surface area contributed by atoms with Crippen molar-refractivity contribution in [3.8, 4) is 11.5 Å². The van der Waals surface area contributed by atoms with Crippen LogP contribution in [0.1, 0.15) is 27.2 Å². The Kier molecular flexibility index (Phi) is 6.31. The Hall–Kier alpha value is -1.75. The average Bonchev–Trinajstić information content (AvgIpc) is 2.44. The molecular formula is C15H23NO4. The van der Waals surface area contributed by atoms with Crippen molar-refractivity contribution in [2.45, 2.75) is 32.8 Å². The first-order chi connectivity index (χ1) is 9.48. The van der Waals surface area contributed by atoms with Crippen LogP contribution in [-0.4, -0.2) is 36.4 Å². The smallest absolute Gasteiger partial charge is 0.258 e. The van der Waals surface area contributed by atoms with Crippen molar-refractivity contribution >= 4 is 5.91 Å². The maximum absolute atomic E-state index is 11.7. The van der Waals surface area contributed by atoms with Gasteiger partial charge in [-0.1, -0.05) is 19.1 Å². The zero-order valence-corrected chi connectivity index (χ0v) is 12.3. The molecule has 0 aliphatic carbocycles. The third-order valence-corrected chi connectivity index (χ3v) is 2.94. The van der Waals surface area contributed by atoms with Gasteiger partial charge in [-0.25, -0.2) is 0 Å². The summed E-state index contributed by atoms with van der Waals surface area (Å²) < 4.78 is 10.8. The Balaban J connectivity index is 2.45. The molecular weight excluding hydrogens is 258 g/mol. The van der Waals surface area contributed by atoms with Crippen molar-refractivity contribution in [3.63, 3.8) is 0 Å². The molecule has 112 valence electrons. The molecule has 0 saturated heterocycles. The molecule has 1 atom stereocenters. The standard InChI is InChI=1S/C15H23NO4/c1-4-15(3,18)11-16-14(17)10-20-13-9-7-6-8-12(13)19-5-2/h6-9,18H,4-5,10-11H2,1-3H3,(H,16,17). The summed E-state index contributed by atoms with van der Waals surface area (Å²) in [6, 6.07) is 7.20. The lowest BCUT2D eigenvalue weighted by Gasteiger charge is -2.21. The number of rotatable bonds is 8. The number of benzene rings is 1. The second-order valence-electron chi connectivity index (χ2n) is 4.80. The number of hydrogen-bond donors (Lipinski definition) is 2. The molecule has 0 saturated carbocycles. The molecule has 20 heavy (non-hydrogen) atoms. The topological polar surface area (TPSA) is 67.8 Å². The summed E-state index contributed by atoms with van der Waals surface area (Å²) >= 11 is 0. The van der Waals surface area contributed by atoms with Crippen molar-refractivity contribution in [2.75, 3.05) is 19.8 Å². The van der Waals surface area contributed by atoms with E-state index in [1.165, 1.54) is 0 Å². The molecule has 1 aromatic carbocycles. The quantitative estimate of drug-likeness (QED) is 0.761. The van der Waals surface area contributed by atoms with Gasteiger partial charge < -0.3 is 19.9 Å². The van der Waals surface area contributed by atoms with Crippen LogP contribution >= 0.6 is 0 Å². The molecule has 0 fully saturated rings. The van der Waals surface area contributed by atoms with Gasteiger partial charge >= 0.3 is 0 Å². The maximum atomic E-state index is 11.7. The van der Waals surface area contributed by atoms with E-state index in [0.29, 0.717) is 24.5 Å². The maximum Gasteiger partial charge on any atom is 0.258 e. The Bertz CT molecular complexity index is 432. The van der Waals surface area contributed by atoms with E-state index in [-0.39, 0.29) is 19.1 Å². The van der Waals surface area contributed by atoms with Gasteiger partial charge in [0.1, 0.15) is 0 Å². The molecule has 1 rings (SSSR count). The van der Waals surface area contributed by atoms with Gasteiger partial charge in [-0.15, -0.1) is 0 Å². The number of carbonyl (C=O) groups is 1. The number of hydrogen-bond acceptors (Lipinski definition) is 4. The van der Waals surface area contributed by atoms with Crippen molar-refractivity contribution in [1.29, 1.82) is 0 Å². The SMILES string of the molecule is CCOc1ccccc1OCC(=O)NCC(C)(O)CC. The van der Waals surface area contributed by atoms with Crippen molar-refractivity contribution in [3.05, 3.63) is 24.3 Å². The summed E-state index contributed by atoms with van der Waals surface area (Å²) in [4.78, 5) is 11.7. The first-order valence-electron chi connectivity index (χ1n) is 6.82. The minimum atomic E-state index is -0.890. The van der Waals surface area contributed by atoms with Gasteiger partial charge in [0.25, 0.3) is 5.91 Å². The molecule has 0 aromatic heterocycles. The fraction of sp³-hybridized carbons (Fsp3) is 0.533. The zero-order valence-electron chi connectivity index (χ0n) is 12.3. The lowest BCUT2D eigenvalue weighted by Crippen LogP contribution is -2.41. The Labute approximate surface area is 119 Å². The predicted octanol–water partition coefficient (Wildman–Crippen LogP) is 1.74. The van der Waals surface area contributed by atoms with Crippen LogP contribution in [0, 0.1) is 0 Å². The van der Waals surface area contributed by atoms with Crippen LogP contribution in [0.15, 0.2) is 24.3 Å². The molecule has 0 heterocycles. The number of nitrogens with one attached hydrogen (secondary N) is 1. The minimum Gasteiger partial charge on any atom is -0.490 e. The van der Waals surface area contributed by atoms with Gasteiger partial charge in [0.2, 0.25) is 0 Å². The largest absolute Gasteiger partial charge is 0.490 e. The molecule has 1 amide bonds. The normalized spacial score (nSPS) is 13.4. The minimum absolute atomic E-state index is 0.107. The fourth-order valence-corrected chi connectivity index (χ4v) is 1.45. The summed E-state index contributed by atoms with van der Waals surface area (Å²) in [6.07, 6.45) is 0.571. The zero-order chi connectivity index (χ0) is 15.0. The molecule has 5 nitrogen and oxygen atoms in total. The summed E-state index contributed by atoms with van der Waals surface area (Å²) in [6.45, 7) is 6.06. The molecule has 0 aliphatic rings. The average molecular weight is 281 g/mol. The molecule has 0 radical (unpaired) electrons. The van der Waals surface area contributed by atoms with E-state index >= 15 is 0 Å². The highest BCUT2D eigenvalue weighted by Crippen LogP contribution is 2.26. The molecule has 0 spiro atoms. The van der Waals surface area contributed by atoms with Crippen LogP contribution in [0.4, 0.5) is 0 Å². The number of aliphatic hydroxyl groups is 1. The van der Waals surface area contributed by atoms with E-state index in [9.17, 15) is 9.90 Å². The summed E-state index contributed by atoms with van der Waals surface area (Å²) in [7, 11) is 0. The Morgan fingerprint density at radius 2 is 1.85 bits per heavy atom. The van der Waals surface area contributed by atoms with Gasteiger partial charge in [-0.3, -0.25) is 4.79 Å². The second-order valence-corrected chi connectivity index (χ2v) is 4.80. The molecule has 2 N–H and O–H groups in total. The van der Waals surface area contributed by atoms with Gasteiger partial charge in [-0.05, 0) is 32.4 Å². The summed E-state index contributed by atoms with van der Waals surface area (Å²) in [5.74, 6) is 0.875. The van der Waals surface area contributed by atoms with E-state index in [1.54, 1.807) is 19.1 Å². The lowest BCUT2D eigenvalue weighted by molar-refractivity contribution is -0.124. The van der Waals surface area contributed by atoms with Crippen molar-refractivity contribution < 1.29 is 19.4 Å². The number of para-hydroxylation sites is 2. The molecule has 1 unspecified atom stereocenters. The third kappa shape index (κ3) is 5.48. The summed E-state index contributed by atoms with van der Waals surface area (Å²) in [5, 5.41) is 12.4. The number of amides is 1. The fourth-order valence-electron chi connectivity index (χ4n) is 1.45. The number of carbonyl (C=O) groups excluding carboxylic acids is 1. The van der Waals surface area contributed by atoms with Gasteiger partial charge in [0, 0.05) is 6.54 Å². The monoisotopic (exact) mass is 281 g/mol. The van der Waals surface area contributed by atoms with E-state index in [4.69, 9.17) is 9.47 Å². The van der Waals surface area contributed by atoms with E-state index < -0.39 is 5.60 Å². The van der Waals surface area contributed by atoms with E-state index in [2.05, 4.69) is 5.32 Å². The van der Waals surface area contributed by atoms with Gasteiger partial charge in [0.15, 0.2) is 18.1 Å². The first kappa shape index (κ1) is 16.3. The Morgan fingerprint density at radius 3 is 2.40 bits per heavy atom. The van der Waals surface area contributed by atoms with Crippen molar-refractivity contribution in [2.24, 2.45) is 0 Å². The predicted molar refractivity (Wildman–Crippen MR) is 77.0 cm³/mol. The highest BCUT2D eigenvalue weighted by atomic mass is 16.5. The van der Waals surface area contributed by atoms with Crippen LogP contribution in [0.25, 0.3) is 0 Å². The first-order valence-corrected chi connectivity index (χ1v) is 6.82. The number of ether oxygens (including phenoxy) is 2. The van der Waals surface area contributed by atoms with E-state index in [0.717, 1.165) is 0 Å². The van der Waals surface area contributed by atoms with Crippen LogP contribution in [0.2, 0.25) is 0 Å². The second kappa shape index (κ2) is 7.75. The molecule has 0 aliphatic heterocycles. The Morgan fingerprint density at radius 1 is 1.25 bits per heavy atom. The summed E-state index contributed by atoms with van der Waals surface area (Å²) in [5.41, 5.74) is -0.890. The van der Waals surface area contributed by atoms with Crippen LogP contribution in [0.3, 0.4) is 0 Å². The third-order valence-electron chi connectivity index (χ3n) is 2.94. The molecule has 5 heteroatoms. The highest BCUT2D eigenvalue weighted by Gasteiger charge is 2.18. The molecule has 0 bridgehead atoms. The van der Waals surface area contributed by atoms with Crippen LogP contribution in [0.5, 0.6) is 11.5 Å². The van der Waals surface area contributed by atoms with Gasteiger partial charge in [-0.2, -0.15) is 0 Å².